The highest BCUT2D eigenvalue weighted by Gasteiger charge is 2.22. The Balaban J connectivity index is 1.17. The Kier molecular flexibility index (Phi) is 7.07. The number of benzene rings is 2. The highest BCUT2D eigenvalue weighted by Crippen LogP contribution is 2.33. The van der Waals surface area contributed by atoms with Gasteiger partial charge in [-0.15, -0.1) is 0 Å². The van der Waals surface area contributed by atoms with E-state index in [-0.39, 0.29) is 0 Å². The molecule has 0 radical (unpaired) electrons. The Bertz CT molecular complexity index is 1260. The molecule has 0 bridgehead atoms. The van der Waals surface area contributed by atoms with Gasteiger partial charge in [0.1, 0.15) is 0 Å². The van der Waals surface area contributed by atoms with Gasteiger partial charge in [-0.05, 0) is 61.5 Å². The summed E-state index contributed by atoms with van der Waals surface area (Å²) in [5, 5.41) is 10.1. The second kappa shape index (κ2) is 10.2. The molecule has 3 heterocycles. The summed E-state index contributed by atoms with van der Waals surface area (Å²) in [6.07, 6.45) is 0. The van der Waals surface area contributed by atoms with Crippen molar-refractivity contribution >= 4 is 46.2 Å². The van der Waals surface area contributed by atoms with E-state index < -0.39 is 0 Å². The van der Waals surface area contributed by atoms with E-state index in [4.69, 9.17) is 50.0 Å². The van der Waals surface area contributed by atoms with Crippen LogP contribution in [0.3, 0.4) is 0 Å². The highest BCUT2D eigenvalue weighted by atomic mass is 35.5. The summed E-state index contributed by atoms with van der Waals surface area (Å²) in [6, 6.07) is 11.7. The zero-order chi connectivity index (χ0) is 24.5. The van der Waals surface area contributed by atoms with Gasteiger partial charge in [0.15, 0.2) is 16.6 Å². The van der Waals surface area contributed by atoms with Crippen molar-refractivity contribution in [2.45, 2.75) is 26.9 Å². The van der Waals surface area contributed by atoms with Gasteiger partial charge in [0.05, 0.1) is 23.6 Å². The molecule has 1 fully saturated rings. The average Bonchev–Trinajstić information content (AvgIpc) is 3.41. The minimum absolute atomic E-state index is 0.300. The lowest BCUT2D eigenvalue weighted by Crippen LogP contribution is -2.49. The van der Waals surface area contributed by atoms with Gasteiger partial charge in [-0.1, -0.05) is 35.3 Å². The lowest BCUT2D eigenvalue weighted by Gasteiger charge is -2.36. The van der Waals surface area contributed by atoms with Crippen LogP contribution in [-0.2, 0) is 13.1 Å². The molecule has 0 atom stereocenters. The number of ether oxygens (including phenoxy) is 2. The number of nitrogens with zero attached hydrogens (tertiary/aromatic N) is 4. The summed E-state index contributed by atoms with van der Waals surface area (Å²) in [5.41, 5.74) is 5.05. The Labute approximate surface area is 220 Å². The number of aryl methyl sites for hydroxylation is 1. The van der Waals surface area contributed by atoms with E-state index in [1.54, 1.807) is 6.07 Å². The Morgan fingerprint density at radius 3 is 2.54 bits per heavy atom. The Morgan fingerprint density at radius 2 is 1.77 bits per heavy atom. The minimum atomic E-state index is 0.300. The SMILES string of the molecule is Cc1nn(Cc2ccc(Cl)cc2Cl)c(C)c1NC(=S)N1CCN(Cc2ccc3c(c2)OCO3)CC1. The van der Waals surface area contributed by atoms with E-state index in [2.05, 4.69) is 27.2 Å². The van der Waals surface area contributed by atoms with E-state index in [9.17, 15) is 0 Å². The normalized spacial score (nSPS) is 15.5. The first-order chi connectivity index (χ1) is 16.9. The predicted molar refractivity (Wildman–Crippen MR) is 143 cm³/mol. The zero-order valence-electron chi connectivity index (χ0n) is 19.7. The zero-order valence-corrected chi connectivity index (χ0v) is 22.0. The van der Waals surface area contributed by atoms with Crippen molar-refractivity contribution in [1.82, 2.24) is 19.6 Å². The molecule has 184 valence electrons. The third-order valence-corrected chi connectivity index (χ3v) is 7.40. The van der Waals surface area contributed by atoms with Gasteiger partial charge in [0, 0.05) is 42.8 Å². The van der Waals surface area contributed by atoms with Crippen molar-refractivity contribution in [2.24, 2.45) is 0 Å². The van der Waals surface area contributed by atoms with Crippen LogP contribution in [0.25, 0.3) is 0 Å². The molecule has 0 aliphatic carbocycles. The molecule has 10 heteroatoms. The first-order valence-corrected chi connectivity index (χ1v) is 12.7. The lowest BCUT2D eigenvalue weighted by atomic mass is 10.1. The van der Waals surface area contributed by atoms with E-state index in [0.717, 1.165) is 72.0 Å². The number of aromatic nitrogens is 2. The molecule has 35 heavy (non-hydrogen) atoms. The summed E-state index contributed by atoms with van der Waals surface area (Å²) in [7, 11) is 0. The number of anilines is 1. The summed E-state index contributed by atoms with van der Waals surface area (Å²) in [6.45, 7) is 9.36. The average molecular weight is 532 g/mol. The van der Waals surface area contributed by atoms with Crippen molar-refractivity contribution in [2.75, 3.05) is 38.3 Å². The van der Waals surface area contributed by atoms with Gasteiger partial charge >= 0.3 is 0 Å². The number of piperazine rings is 1. The number of nitrogens with one attached hydrogen (secondary N) is 1. The van der Waals surface area contributed by atoms with Gasteiger partial charge in [-0.2, -0.15) is 5.10 Å². The minimum Gasteiger partial charge on any atom is -0.454 e. The van der Waals surface area contributed by atoms with E-state index >= 15 is 0 Å². The quantitative estimate of drug-likeness (QED) is 0.459. The number of rotatable bonds is 5. The first-order valence-electron chi connectivity index (χ1n) is 11.5. The summed E-state index contributed by atoms with van der Waals surface area (Å²) in [5.74, 6) is 1.65. The molecule has 0 saturated carbocycles. The molecule has 7 nitrogen and oxygen atoms in total. The van der Waals surface area contributed by atoms with Gasteiger partial charge < -0.3 is 19.7 Å². The van der Waals surface area contributed by atoms with Crippen LogP contribution in [0, 0.1) is 13.8 Å². The molecule has 1 N–H and O–H groups in total. The maximum absolute atomic E-state index is 6.37. The first kappa shape index (κ1) is 24.2. The molecule has 5 rings (SSSR count). The van der Waals surface area contributed by atoms with Crippen LogP contribution in [0.4, 0.5) is 5.69 Å². The number of hydrogen-bond donors (Lipinski definition) is 1. The molecule has 0 amide bonds. The monoisotopic (exact) mass is 531 g/mol. The van der Waals surface area contributed by atoms with Crippen LogP contribution in [0.5, 0.6) is 11.5 Å². The molecule has 3 aromatic rings. The second-order valence-electron chi connectivity index (χ2n) is 8.82. The van der Waals surface area contributed by atoms with Crippen molar-refractivity contribution in [1.29, 1.82) is 0 Å². The summed E-state index contributed by atoms with van der Waals surface area (Å²) in [4.78, 5) is 4.65. The van der Waals surface area contributed by atoms with E-state index in [1.165, 1.54) is 5.56 Å². The lowest BCUT2D eigenvalue weighted by molar-refractivity contribution is 0.173. The number of fused-ring (bicyclic) bond motifs is 1. The smallest absolute Gasteiger partial charge is 0.231 e. The molecule has 1 aromatic heterocycles. The molecular formula is C25H27Cl2N5O2S. The van der Waals surface area contributed by atoms with Crippen molar-refractivity contribution < 1.29 is 9.47 Å². The van der Waals surface area contributed by atoms with Gasteiger partial charge in [-0.3, -0.25) is 9.58 Å². The highest BCUT2D eigenvalue weighted by molar-refractivity contribution is 7.80. The third kappa shape index (κ3) is 5.35. The van der Waals surface area contributed by atoms with E-state index in [0.29, 0.717) is 23.4 Å². The molecule has 2 aliphatic rings. The van der Waals surface area contributed by atoms with Gasteiger partial charge in [-0.25, -0.2) is 0 Å². The van der Waals surface area contributed by atoms with Crippen LogP contribution in [0.15, 0.2) is 36.4 Å². The molecule has 1 saturated heterocycles. The number of halogens is 2. The summed E-state index contributed by atoms with van der Waals surface area (Å²) >= 11 is 18.2. The maximum Gasteiger partial charge on any atom is 0.231 e. The molecule has 0 unspecified atom stereocenters. The molecule has 2 aromatic carbocycles. The number of hydrogen-bond acceptors (Lipinski definition) is 5. The van der Waals surface area contributed by atoms with Crippen LogP contribution in [-0.4, -0.2) is 57.7 Å². The Hall–Kier alpha value is -2.52. The molecular weight excluding hydrogens is 505 g/mol. The molecule has 2 aliphatic heterocycles. The fourth-order valence-corrected chi connectivity index (χ4v) is 5.19. The van der Waals surface area contributed by atoms with Crippen LogP contribution >= 0.6 is 35.4 Å². The maximum atomic E-state index is 6.37. The topological polar surface area (TPSA) is 54.8 Å². The number of thiocarbonyl (C=S) groups is 1. The van der Waals surface area contributed by atoms with E-state index in [1.807, 2.05) is 36.7 Å². The van der Waals surface area contributed by atoms with Crippen LogP contribution in [0.1, 0.15) is 22.5 Å². The van der Waals surface area contributed by atoms with Crippen molar-refractivity contribution in [3.8, 4) is 11.5 Å². The Morgan fingerprint density at radius 1 is 1.00 bits per heavy atom. The predicted octanol–water partition coefficient (Wildman–Crippen LogP) is 5.10. The fourth-order valence-electron chi connectivity index (χ4n) is 4.44. The second-order valence-corrected chi connectivity index (χ2v) is 10.1. The fraction of sp³-hybridized carbons (Fsp3) is 0.360. The van der Waals surface area contributed by atoms with Crippen molar-refractivity contribution in [3.05, 3.63) is 69.0 Å². The van der Waals surface area contributed by atoms with Gasteiger partial charge in [0.25, 0.3) is 0 Å². The van der Waals surface area contributed by atoms with Crippen LogP contribution in [0.2, 0.25) is 10.0 Å². The van der Waals surface area contributed by atoms with Crippen molar-refractivity contribution in [3.63, 3.8) is 0 Å². The summed E-state index contributed by atoms with van der Waals surface area (Å²) < 4.78 is 12.9. The van der Waals surface area contributed by atoms with Crippen LogP contribution < -0.4 is 14.8 Å². The van der Waals surface area contributed by atoms with Gasteiger partial charge in [0.2, 0.25) is 6.79 Å². The third-order valence-electron chi connectivity index (χ3n) is 6.45. The largest absolute Gasteiger partial charge is 0.454 e. The standard InChI is InChI=1S/C25H27Cl2N5O2S/c1-16-24(17(2)32(29-16)14-19-4-5-20(26)12-21(19)27)28-25(35)31-9-7-30(8-10-31)13-18-3-6-22-23(11-18)34-15-33-22/h3-6,11-12H,7-10,13-15H2,1-2H3,(H,28,35). The molecule has 0 spiro atoms.